The number of aryl methyl sites for hydroxylation is 2. The first kappa shape index (κ1) is 14.6. The lowest BCUT2D eigenvalue weighted by molar-refractivity contribution is -0.0513. The van der Waals surface area contributed by atoms with Crippen LogP contribution in [0.25, 0.3) is 11.4 Å². The van der Waals surface area contributed by atoms with E-state index in [0.29, 0.717) is 5.82 Å². The van der Waals surface area contributed by atoms with Gasteiger partial charge in [0, 0.05) is 28.9 Å². The highest BCUT2D eigenvalue weighted by molar-refractivity contribution is 5.55. The molecule has 0 aliphatic rings. The number of alkyl halides is 2. The Morgan fingerprint density at radius 3 is 2.15 bits per heavy atom. The molecule has 0 bridgehead atoms. The predicted molar refractivity (Wildman–Crippen MR) is 75.7 cm³/mol. The van der Waals surface area contributed by atoms with Crippen LogP contribution in [0.15, 0.2) is 30.5 Å². The molecular weight excluding hydrogens is 258 g/mol. The van der Waals surface area contributed by atoms with Gasteiger partial charge in [-0.15, -0.1) is 0 Å². The summed E-state index contributed by atoms with van der Waals surface area (Å²) in [4.78, 5) is 8.61. The van der Waals surface area contributed by atoms with Crippen LogP contribution in [0.1, 0.15) is 30.7 Å². The van der Waals surface area contributed by atoms with Gasteiger partial charge in [-0.1, -0.05) is 38.1 Å². The van der Waals surface area contributed by atoms with E-state index < -0.39 is 11.8 Å². The third-order valence-corrected chi connectivity index (χ3v) is 3.48. The minimum absolute atomic E-state index is 0.0279. The quantitative estimate of drug-likeness (QED) is 0.824. The summed E-state index contributed by atoms with van der Waals surface area (Å²) in [7, 11) is 0. The topological polar surface area (TPSA) is 25.8 Å². The van der Waals surface area contributed by atoms with Gasteiger partial charge >= 0.3 is 0 Å². The fourth-order valence-corrected chi connectivity index (χ4v) is 1.84. The minimum Gasteiger partial charge on any atom is -0.236 e. The highest BCUT2D eigenvalue weighted by atomic mass is 19.3. The van der Waals surface area contributed by atoms with Crippen LogP contribution in [0.3, 0.4) is 0 Å². The summed E-state index contributed by atoms with van der Waals surface area (Å²) in [6, 6.07) is 6.20. The van der Waals surface area contributed by atoms with Crippen LogP contribution in [0.2, 0.25) is 0 Å². The van der Waals surface area contributed by atoms with Crippen molar-refractivity contribution < 1.29 is 8.78 Å². The maximum atomic E-state index is 13.9. The standard InChI is InChI=1S/C16H18F2N2/c1-10(2)16(17,18)14-7-5-13(6-8-14)15-19-9-11(3)12(4)20-15/h5-10H,1-4H3. The molecule has 0 aliphatic carbocycles. The van der Waals surface area contributed by atoms with E-state index in [0.717, 1.165) is 16.8 Å². The highest BCUT2D eigenvalue weighted by Crippen LogP contribution is 2.36. The third-order valence-electron chi connectivity index (χ3n) is 3.48. The molecule has 4 heteroatoms. The zero-order valence-electron chi connectivity index (χ0n) is 12.1. The van der Waals surface area contributed by atoms with Crippen LogP contribution >= 0.6 is 0 Å². The molecule has 2 nitrogen and oxygen atoms in total. The van der Waals surface area contributed by atoms with E-state index in [2.05, 4.69) is 9.97 Å². The van der Waals surface area contributed by atoms with Crippen LogP contribution in [0, 0.1) is 19.8 Å². The van der Waals surface area contributed by atoms with Crippen molar-refractivity contribution in [3.05, 3.63) is 47.3 Å². The Morgan fingerprint density at radius 2 is 1.65 bits per heavy atom. The van der Waals surface area contributed by atoms with Gasteiger partial charge in [-0.2, -0.15) is 0 Å². The minimum atomic E-state index is -2.82. The van der Waals surface area contributed by atoms with Crippen LogP contribution in [-0.4, -0.2) is 9.97 Å². The molecule has 0 unspecified atom stereocenters. The summed E-state index contributed by atoms with van der Waals surface area (Å²) in [6.07, 6.45) is 1.74. The fourth-order valence-electron chi connectivity index (χ4n) is 1.84. The molecule has 0 N–H and O–H groups in total. The molecule has 2 rings (SSSR count). The first-order valence-corrected chi connectivity index (χ1v) is 6.61. The maximum Gasteiger partial charge on any atom is 0.275 e. The monoisotopic (exact) mass is 276 g/mol. The molecule has 106 valence electrons. The summed E-state index contributed by atoms with van der Waals surface area (Å²) in [6.45, 7) is 6.87. The summed E-state index contributed by atoms with van der Waals surface area (Å²) in [5.41, 5.74) is 2.68. The highest BCUT2D eigenvalue weighted by Gasteiger charge is 2.35. The van der Waals surface area contributed by atoms with Crippen molar-refractivity contribution in [1.29, 1.82) is 0 Å². The average molecular weight is 276 g/mol. The number of benzene rings is 1. The summed E-state index contributed by atoms with van der Waals surface area (Å²) in [5.74, 6) is -2.98. The lowest BCUT2D eigenvalue weighted by atomic mass is 9.97. The van der Waals surface area contributed by atoms with Gasteiger partial charge < -0.3 is 0 Å². The van der Waals surface area contributed by atoms with Crippen LogP contribution < -0.4 is 0 Å². The molecule has 0 fully saturated rings. The number of nitrogens with zero attached hydrogens (tertiary/aromatic N) is 2. The Kier molecular flexibility index (Phi) is 3.84. The molecular formula is C16H18F2N2. The molecule has 0 aliphatic heterocycles. The van der Waals surface area contributed by atoms with Crippen molar-refractivity contribution in [2.45, 2.75) is 33.6 Å². The van der Waals surface area contributed by atoms with Gasteiger partial charge in [-0.05, 0) is 19.4 Å². The van der Waals surface area contributed by atoms with Crippen LogP contribution in [0.5, 0.6) is 0 Å². The van der Waals surface area contributed by atoms with Crippen molar-refractivity contribution in [2.75, 3.05) is 0 Å². The molecule has 0 atom stereocenters. The molecule has 0 radical (unpaired) electrons. The number of halogens is 2. The zero-order chi connectivity index (χ0) is 14.9. The number of hydrogen-bond donors (Lipinski definition) is 0. The number of rotatable bonds is 3. The third kappa shape index (κ3) is 2.69. The first-order valence-electron chi connectivity index (χ1n) is 6.61. The largest absolute Gasteiger partial charge is 0.275 e. The average Bonchev–Trinajstić information content (AvgIpc) is 2.42. The summed E-state index contributed by atoms with van der Waals surface area (Å²) >= 11 is 0. The lowest BCUT2D eigenvalue weighted by Gasteiger charge is -2.20. The van der Waals surface area contributed by atoms with Gasteiger partial charge in [0.05, 0.1) is 0 Å². The fraction of sp³-hybridized carbons (Fsp3) is 0.375. The van der Waals surface area contributed by atoms with Gasteiger partial charge in [-0.3, -0.25) is 0 Å². The molecule has 20 heavy (non-hydrogen) atoms. The summed E-state index contributed by atoms with van der Waals surface area (Å²) in [5, 5.41) is 0. The second-order valence-corrected chi connectivity index (χ2v) is 5.32. The second-order valence-electron chi connectivity index (χ2n) is 5.32. The van der Waals surface area contributed by atoms with Gasteiger partial charge in [0.15, 0.2) is 5.82 Å². The van der Waals surface area contributed by atoms with E-state index in [4.69, 9.17) is 0 Å². The predicted octanol–water partition coefficient (Wildman–Crippen LogP) is 4.51. The summed E-state index contributed by atoms with van der Waals surface area (Å²) < 4.78 is 27.8. The lowest BCUT2D eigenvalue weighted by Crippen LogP contribution is -2.20. The maximum absolute atomic E-state index is 13.9. The van der Waals surface area contributed by atoms with Crippen LogP contribution in [0.4, 0.5) is 8.78 Å². The Labute approximate surface area is 117 Å². The van der Waals surface area contributed by atoms with E-state index in [1.165, 1.54) is 26.0 Å². The van der Waals surface area contributed by atoms with Crippen molar-refractivity contribution >= 4 is 0 Å². The molecule has 0 saturated carbocycles. The van der Waals surface area contributed by atoms with E-state index in [-0.39, 0.29) is 5.56 Å². The van der Waals surface area contributed by atoms with E-state index in [1.807, 2.05) is 13.8 Å². The van der Waals surface area contributed by atoms with Gasteiger partial charge in [0.1, 0.15) is 0 Å². The van der Waals surface area contributed by atoms with Gasteiger partial charge in [0.25, 0.3) is 5.92 Å². The Bertz CT molecular complexity index is 604. The van der Waals surface area contributed by atoms with Crippen molar-refractivity contribution in [3.8, 4) is 11.4 Å². The van der Waals surface area contributed by atoms with Gasteiger partial charge in [-0.25, -0.2) is 18.7 Å². The van der Waals surface area contributed by atoms with E-state index >= 15 is 0 Å². The molecule has 0 amide bonds. The normalized spacial score (nSPS) is 11.9. The smallest absolute Gasteiger partial charge is 0.236 e. The SMILES string of the molecule is Cc1cnc(-c2ccc(C(F)(F)C(C)C)cc2)nc1C. The molecule has 1 heterocycles. The molecule has 0 saturated heterocycles. The number of aromatic nitrogens is 2. The van der Waals surface area contributed by atoms with Gasteiger partial charge in [0.2, 0.25) is 0 Å². The Balaban J connectivity index is 2.35. The Morgan fingerprint density at radius 1 is 1.05 bits per heavy atom. The van der Waals surface area contributed by atoms with Crippen molar-refractivity contribution in [2.24, 2.45) is 5.92 Å². The van der Waals surface area contributed by atoms with Crippen molar-refractivity contribution in [3.63, 3.8) is 0 Å². The van der Waals surface area contributed by atoms with Crippen LogP contribution in [-0.2, 0) is 5.92 Å². The molecule has 2 aromatic rings. The first-order chi connectivity index (χ1) is 9.32. The Hall–Kier alpha value is -1.84. The second kappa shape index (κ2) is 5.27. The zero-order valence-corrected chi connectivity index (χ0v) is 12.1. The molecule has 0 spiro atoms. The molecule has 1 aromatic heterocycles. The van der Waals surface area contributed by atoms with E-state index in [9.17, 15) is 8.78 Å². The van der Waals surface area contributed by atoms with E-state index in [1.54, 1.807) is 18.3 Å². The number of hydrogen-bond acceptors (Lipinski definition) is 2. The molecule has 1 aromatic carbocycles. The van der Waals surface area contributed by atoms with Crippen molar-refractivity contribution in [1.82, 2.24) is 9.97 Å².